The molecule has 1 aliphatic heterocycles. The molecule has 0 saturated carbocycles. The summed E-state index contributed by atoms with van der Waals surface area (Å²) in [7, 11) is 0. The van der Waals surface area contributed by atoms with E-state index >= 15 is 0 Å². The van der Waals surface area contributed by atoms with Crippen LogP contribution in [0, 0.1) is 6.92 Å². The SMILES string of the molecule is Cc1cccc(CN2C(=O)S/C(=C\c3ccccc3OC(=O)c3cccc4ccccc34)C2=O)c1. The molecule has 1 heterocycles. The molecule has 0 atom stereocenters. The summed E-state index contributed by atoms with van der Waals surface area (Å²) in [6.45, 7) is 2.18. The summed E-state index contributed by atoms with van der Waals surface area (Å²) in [5.74, 6) is -0.539. The lowest BCUT2D eigenvalue weighted by Gasteiger charge is -2.13. The third kappa shape index (κ3) is 4.74. The first-order chi connectivity index (χ1) is 17.0. The van der Waals surface area contributed by atoms with E-state index in [-0.39, 0.29) is 22.6 Å². The van der Waals surface area contributed by atoms with Crippen LogP contribution in [-0.2, 0) is 11.3 Å². The Morgan fingerprint density at radius 1 is 0.914 bits per heavy atom. The molecular weight excluding hydrogens is 458 g/mol. The van der Waals surface area contributed by atoms with Crippen molar-refractivity contribution in [3.05, 3.63) is 118 Å². The van der Waals surface area contributed by atoms with Crippen LogP contribution in [0.4, 0.5) is 4.79 Å². The molecule has 0 unspecified atom stereocenters. The quantitative estimate of drug-likeness (QED) is 0.183. The second-order valence-corrected chi connectivity index (χ2v) is 9.20. The minimum Gasteiger partial charge on any atom is -0.422 e. The van der Waals surface area contributed by atoms with Gasteiger partial charge < -0.3 is 4.74 Å². The monoisotopic (exact) mass is 479 g/mol. The number of ether oxygens (including phenoxy) is 1. The number of rotatable bonds is 5. The summed E-state index contributed by atoms with van der Waals surface area (Å²) >= 11 is 0.884. The molecule has 5 nitrogen and oxygen atoms in total. The second-order valence-electron chi connectivity index (χ2n) is 8.21. The predicted octanol–water partition coefficient (Wildman–Crippen LogP) is 6.60. The van der Waals surface area contributed by atoms with Crippen molar-refractivity contribution in [3.8, 4) is 5.75 Å². The van der Waals surface area contributed by atoms with Gasteiger partial charge in [-0.1, -0.05) is 84.4 Å². The number of amides is 2. The molecule has 1 aliphatic rings. The standard InChI is InChI=1S/C29H21NO4S/c1-19-8-6-9-20(16-19)18-30-27(31)26(35-29(30)33)17-22-11-3-5-15-25(22)34-28(32)24-14-7-12-21-10-2-4-13-23(21)24/h2-17H,18H2,1H3/b26-17-. The Morgan fingerprint density at radius 3 is 2.51 bits per heavy atom. The number of aryl methyl sites for hydroxylation is 1. The zero-order chi connectivity index (χ0) is 24.4. The first-order valence-electron chi connectivity index (χ1n) is 11.1. The molecule has 2 amide bonds. The van der Waals surface area contributed by atoms with Gasteiger partial charge in [-0.2, -0.15) is 0 Å². The topological polar surface area (TPSA) is 63.7 Å². The largest absolute Gasteiger partial charge is 0.422 e. The Bertz CT molecular complexity index is 1500. The van der Waals surface area contributed by atoms with Gasteiger partial charge in [-0.05, 0) is 53.2 Å². The molecule has 0 aliphatic carbocycles. The van der Waals surface area contributed by atoms with Crippen LogP contribution in [0.1, 0.15) is 27.0 Å². The van der Waals surface area contributed by atoms with E-state index in [0.29, 0.717) is 16.9 Å². The van der Waals surface area contributed by atoms with Crippen LogP contribution in [0.2, 0.25) is 0 Å². The van der Waals surface area contributed by atoms with Crippen LogP contribution in [0.5, 0.6) is 5.75 Å². The van der Waals surface area contributed by atoms with Crippen molar-refractivity contribution < 1.29 is 19.1 Å². The highest BCUT2D eigenvalue weighted by molar-refractivity contribution is 8.18. The summed E-state index contributed by atoms with van der Waals surface area (Å²) in [5, 5.41) is 1.42. The maximum Gasteiger partial charge on any atom is 0.344 e. The molecule has 6 heteroatoms. The number of benzene rings is 4. The van der Waals surface area contributed by atoms with Gasteiger partial charge >= 0.3 is 5.97 Å². The molecule has 0 N–H and O–H groups in total. The number of nitrogens with zero attached hydrogens (tertiary/aromatic N) is 1. The van der Waals surface area contributed by atoms with Gasteiger partial charge in [-0.3, -0.25) is 14.5 Å². The van der Waals surface area contributed by atoms with Crippen molar-refractivity contribution in [1.29, 1.82) is 0 Å². The van der Waals surface area contributed by atoms with Crippen molar-refractivity contribution in [2.75, 3.05) is 0 Å². The Balaban J connectivity index is 1.40. The Hall–Kier alpha value is -4.16. The second kappa shape index (κ2) is 9.60. The van der Waals surface area contributed by atoms with Crippen LogP contribution < -0.4 is 4.74 Å². The van der Waals surface area contributed by atoms with Gasteiger partial charge in [0.1, 0.15) is 5.75 Å². The fraction of sp³-hybridized carbons (Fsp3) is 0.0690. The van der Waals surface area contributed by atoms with E-state index in [4.69, 9.17) is 4.74 Å². The van der Waals surface area contributed by atoms with Gasteiger partial charge in [0.2, 0.25) is 0 Å². The van der Waals surface area contributed by atoms with Crippen LogP contribution in [0.3, 0.4) is 0 Å². The Morgan fingerprint density at radius 2 is 1.66 bits per heavy atom. The van der Waals surface area contributed by atoms with Crippen LogP contribution in [-0.4, -0.2) is 22.0 Å². The maximum absolute atomic E-state index is 13.0. The summed E-state index contributed by atoms with van der Waals surface area (Å²) in [4.78, 5) is 40.2. The fourth-order valence-corrected chi connectivity index (χ4v) is 4.85. The highest BCUT2D eigenvalue weighted by Gasteiger charge is 2.35. The third-order valence-corrected chi connectivity index (χ3v) is 6.62. The normalized spacial score (nSPS) is 14.7. The molecule has 4 aromatic carbocycles. The van der Waals surface area contributed by atoms with Crippen molar-refractivity contribution in [3.63, 3.8) is 0 Å². The van der Waals surface area contributed by atoms with Crippen molar-refractivity contribution >= 4 is 45.7 Å². The number of hydrogen-bond donors (Lipinski definition) is 0. The van der Waals surface area contributed by atoms with Gasteiger partial charge in [0.05, 0.1) is 17.0 Å². The highest BCUT2D eigenvalue weighted by atomic mass is 32.2. The molecule has 172 valence electrons. The first kappa shape index (κ1) is 22.6. The average Bonchev–Trinajstić information content (AvgIpc) is 3.12. The van der Waals surface area contributed by atoms with Crippen LogP contribution in [0.25, 0.3) is 16.8 Å². The number of hydrogen-bond acceptors (Lipinski definition) is 5. The van der Waals surface area contributed by atoms with Crippen LogP contribution >= 0.6 is 11.8 Å². The lowest BCUT2D eigenvalue weighted by atomic mass is 10.0. The summed E-state index contributed by atoms with van der Waals surface area (Å²) in [5.41, 5.74) is 2.95. The van der Waals surface area contributed by atoms with Crippen LogP contribution in [0.15, 0.2) is 95.9 Å². The highest BCUT2D eigenvalue weighted by Crippen LogP contribution is 2.35. The molecule has 0 spiro atoms. The van der Waals surface area contributed by atoms with E-state index in [1.165, 1.54) is 4.90 Å². The zero-order valence-corrected chi connectivity index (χ0v) is 19.7. The average molecular weight is 480 g/mol. The van der Waals surface area contributed by atoms with Gasteiger partial charge in [0, 0.05) is 5.56 Å². The molecule has 5 rings (SSSR count). The van der Waals surface area contributed by atoms with Crippen molar-refractivity contribution in [1.82, 2.24) is 4.90 Å². The number of esters is 1. The first-order valence-corrected chi connectivity index (χ1v) is 11.9. The van der Waals surface area contributed by atoms with E-state index < -0.39 is 5.97 Å². The minimum absolute atomic E-state index is 0.210. The van der Waals surface area contributed by atoms with Crippen molar-refractivity contribution in [2.24, 2.45) is 0 Å². The van der Waals surface area contributed by atoms with E-state index in [1.54, 1.807) is 36.4 Å². The number of fused-ring (bicyclic) bond motifs is 1. The lowest BCUT2D eigenvalue weighted by Crippen LogP contribution is -2.27. The molecule has 0 aromatic heterocycles. The molecule has 1 saturated heterocycles. The van der Waals surface area contributed by atoms with Gasteiger partial charge in [-0.25, -0.2) is 4.79 Å². The molecule has 1 fully saturated rings. The van der Waals surface area contributed by atoms with E-state index in [0.717, 1.165) is 33.7 Å². The fourth-order valence-electron chi connectivity index (χ4n) is 4.02. The molecule has 35 heavy (non-hydrogen) atoms. The van der Waals surface area contributed by atoms with Gasteiger partial charge in [0.25, 0.3) is 11.1 Å². The summed E-state index contributed by atoms with van der Waals surface area (Å²) in [6, 6.07) is 27.8. The predicted molar refractivity (Wildman–Crippen MR) is 138 cm³/mol. The zero-order valence-electron chi connectivity index (χ0n) is 18.9. The number of carbonyl (C=O) groups excluding carboxylic acids is 3. The molecule has 4 aromatic rings. The van der Waals surface area contributed by atoms with Crippen molar-refractivity contribution in [2.45, 2.75) is 13.5 Å². The summed E-state index contributed by atoms with van der Waals surface area (Å²) in [6.07, 6.45) is 1.60. The smallest absolute Gasteiger partial charge is 0.344 e. The molecular formula is C29H21NO4S. The van der Waals surface area contributed by atoms with Gasteiger partial charge in [0.15, 0.2) is 0 Å². The Kier molecular flexibility index (Phi) is 6.21. The van der Waals surface area contributed by atoms with E-state index in [2.05, 4.69) is 0 Å². The Labute approximate surface area is 207 Å². The third-order valence-electron chi connectivity index (χ3n) is 5.71. The van der Waals surface area contributed by atoms with Gasteiger partial charge in [-0.15, -0.1) is 0 Å². The minimum atomic E-state index is -0.491. The lowest BCUT2D eigenvalue weighted by molar-refractivity contribution is -0.123. The van der Waals surface area contributed by atoms with E-state index in [9.17, 15) is 14.4 Å². The maximum atomic E-state index is 13.0. The molecule has 0 radical (unpaired) electrons. The number of imide groups is 1. The summed E-state index contributed by atoms with van der Waals surface area (Å²) < 4.78 is 5.75. The number of para-hydroxylation sites is 1. The molecule has 0 bridgehead atoms. The number of carbonyl (C=O) groups is 3. The van der Waals surface area contributed by atoms with E-state index in [1.807, 2.05) is 67.6 Å². The number of thioether (sulfide) groups is 1.